The van der Waals surface area contributed by atoms with Crippen molar-refractivity contribution in [3.8, 4) is 0 Å². The Balaban J connectivity index is 1.65. The smallest absolute Gasteiger partial charge is 0.368 e. The highest BCUT2D eigenvalue weighted by molar-refractivity contribution is 6.31. The van der Waals surface area contributed by atoms with Crippen LogP contribution in [0.25, 0.3) is 0 Å². The van der Waals surface area contributed by atoms with Crippen LogP contribution in [0.2, 0.25) is 5.02 Å². The number of nitrogens with zero attached hydrogens (tertiary/aromatic N) is 3. The number of hydrogen-bond acceptors (Lipinski definition) is 4. The molecule has 138 valence electrons. The van der Waals surface area contributed by atoms with Crippen molar-refractivity contribution >= 4 is 23.5 Å². The molecular weight excluding hydrogens is 369 g/mol. The summed E-state index contributed by atoms with van der Waals surface area (Å²) in [6.07, 6.45) is -1.93. The van der Waals surface area contributed by atoms with Gasteiger partial charge in [-0.2, -0.15) is 13.2 Å². The van der Waals surface area contributed by atoms with Crippen LogP contribution in [-0.4, -0.2) is 27.3 Å². The van der Waals surface area contributed by atoms with Crippen molar-refractivity contribution in [2.45, 2.75) is 32.0 Å². The zero-order valence-electron chi connectivity index (χ0n) is 13.7. The number of nitrogen functional groups attached to an aromatic ring is 1. The number of halogens is 4. The summed E-state index contributed by atoms with van der Waals surface area (Å²) in [5, 5.41) is -0.350. The normalized spacial score (nSPS) is 14.2. The molecule has 2 aromatic rings. The van der Waals surface area contributed by atoms with Crippen LogP contribution in [0.3, 0.4) is 0 Å². The van der Waals surface area contributed by atoms with E-state index < -0.39 is 11.7 Å². The summed E-state index contributed by atoms with van der Waals surface area (Å²) >= 11 is 5.61. The van der Waals surface area contributed by atoms with Crippen LogP contribution in [0.4, 0.5) is 19.1 Å². The van der Waals surface area contributed by atoms with E-state index in [2.05, 4.69) is 9.97 Å². The summed E-state index contributed by atoms with van der Waals surface area (Å²) in [4.78, 5) is 22.1. The van der Waals surface area contributed by atoms with Crippen LogP contribution in [0, 0.1) is 0 Å². The fraction of sp³-hybridized carbons (Fsp3) is 0.353. The summed E-state index contributed by atoms with van der Waals surface area (Å²) in [6, 6.07) is 3.71. The van der Waals surface area contributed by atoms with Crippen molar-refractivity contribution in [1.82, 2.24) is 14.9 Å². The molecule has 9 heteroatoms. The largest absolute Gasteiger partial charge is 0.417 e. The molecule has 26 heavy (non-hydrogen) atoms. The number of benzene rings is 1. The monoisotopic (exact) mass is 384 g/mol. The molecule has 0 spiro atoms. The van der Waals surface area contributed by atoms with Gasteiger partial charge in [-0.3, -0.25) is 4.79 Å². The van der Waals surface area contributed by atoms with Gasteiger partial charge in [0.25, 0.3) is 0 Å². The van der Waals surface area contributed by atoms with Crippen LogP contribution in [0.15, 0.2) is 24.4 Å². The van der Waals surface area contributed by atoms with Crippen molar-refractivity contribution in [1.29, 1.82) is 0 Å². The molecule has 0 saturated heterocycles. The molecular formula is C17H16ClF3N4O. The molecule has 0 saturated carbocycles. The number of aryl methyl sites for hydroxylation is 1. The lowest BCUT2D eigenvalue weighted by atomic mass is 10.0. The number of carbonyl (C=O) groups excluding carboxylic acids is 1. The molecule has 1 amide bonds. The number of fused-ring (bicyclic) bond motifs is 1. The third-order valence-electron chi connectivity index (χ3n) is 4.28. The Labute approximate surface area is 153 Å². The van der Waals surface area contributed by atoms with Crippen molar-refractivity contribution in [2.75, 3.05) is 12.3 Å². The van der Waals surface area contributed by atoms with E-state index in [0.717, 1.165) is 11.6 Å². The lowest BCUT2D eigenvalue weighted by Crippen LogP contribution is -2.36. The molecule has 3 rings (SSSR count). The van der Waals surface area contributed by atoms with E-state index in [1.165, 1.54) is 12.1 Å². The van der Waals surface area contributed by atoms with Gasteiger partial charge >= 0.3 is 6.18 Å². The molecule has 1 aromatic carbocycles. The van der Waals surface area contributed by atoms with Gasteiger partial charge in [0.2, 0.25) is 11.9 Å². The lowest BCUT2D eigenvalue weighted by molar-refractivity contribution is -0.137. The van der Waals surface area contributed by atoms with Crippen LogP contribution in [0.1, 0.15) is 28.8 Å². The number of anilines is 1. The van der Waals surface area contributed by atoms with E-state index >= 15 is 0 Å². The summed E-state index contributed by atoms with van der Waals surface area (Å²) in [6.45, 7) is 0.850. The van der Waals surface area contributed by atoms with Gasteiger partial charge in [-0.1, -0.05) is 17.7 Å². The van der Waals surface area contributed by atoms with Gasteiger partial charge < -0.3 is 10.6 Å². The van der Waals surface area contributed by atoms with E-state index in [0.29, 0.717) is 30.8 Å². The third kappa shape index (κ3) is 4.07. The third-order valence-corrected chi connectivity index (χ3v) is 4.61. The zero-order chi connectivity index (χ0) is 18.9. The van der Waals surface area contributed by atoms with Crippen molar-refractivity contribution in [3.05, 3.63) is 51.8 Å². The first-order valence-electron chi connectivity index (χ1n) is 7.97. The Morgan fingerprint density at radius 3 is 2.85 bits per heavy atom. The van der Waals surface area contributed by atoms with Crippen LogP contribution in [-0.2, 0) is 30.4 Å². The molecule has 2 N–H and O–H groups in total. The average Bonchev–Trinajstić information content (AvgIpc) is 2.59. The van der Waals surface area contributed by atoms with Gasteiger partial charge in [0.05, 0.1) is 22.8 Å². The number of nitrogens with two attached hydrogens (primary N) is 1. The molecule has 0 unspecified atom stereocenters. The second-order valence-electron chi connectivity index (χ2n) is 6.08. The molecule has 1 aliphatic heterocycles. The topological polar surface area (TPSA) is 72.1 Å². The first-order chi connectivity index (χ1) is 12.2. The summed E-state index contributed by atoms with van der Waals surface area (Å²) < 4.78 is 38.7. The van der Waals surface area contributed by atoms with Gasteiger partial charge in [-0.25, -0.2) is 9.97 Å². The summed E-state index contributed by atoms with van der Waals surface area (Å²) in [5.74, 6) is 0.00948. The predicted octanol–water partition coefficient (Wildman–Crippen LogP) is 3.25. The maximum absolute atomic E-state index is 12.9. The summed E-state index contributed by atoms with van der Waals surface area (Å²) in [7, 11) is 0. The Kier molecular flexibility index (Phi) is 5.04. The average molecular weight is 385 g/mol. The van der Waals surface area contributed by atoms with Crippen LogP contribution >= 0.6 is 11.6 Å². The predicted molar refractivity (Wildman–Crippen MR) is 90.3 cm³/mol. The maximum Gasteiger partial charge on any atom is 0.417 e. The number of rotatable bonds is 3. The minimum absolute atomic E-state index is 0.106. The van der Waals surface area contributed by atoms with Crippen molar-refractivity contribution in [3.63, 3.8) is 0 Å². The highest BCUT2D eigenvalue weighted by Gasteiger charge is 2.33. The van der Waals surface area contributed by atoms with Gasteiger partial charge in [-0.05, 0) is 36.1 Å². The van der Waals surface area contributed by atoms with Gasteiger partial charge in [0.1, 0.15) is 0 Å². The van der Waals surface area contributed by atoms with Gasteiger partial charge in [0.15, 0.2) is 0 Å². The summed E-state index contributed by atoms with van der Waals surface area (Å²) in [5.41, 5.74) is 6.77. The Morgan fingerprint density at radius 1 is 1.35 bits per heavy atom. The van der Waals surface area contributed by atoms with Crippen molar-refractivity contribution < 1.29 is 18.0 Å². The van der Waals surface area contributed by atoms with Gasteiger partial charge in [-0.15, -0.1) is 0 Å². The molecule has 2 heterocycles. The Bertz CT molecular complexity index is 841. The fourth-order valence-corrected chi connectivity index (χ4v) is 3.11. The van der Waals surface area contributed by atoms with E-state index in [-0.39, 0.29) is 29.7 Å². The van der Waals surface area contributed by atoms with Crippen LogP contribution < -0.4 is 5.73 Å². The number of alkyl halides is 3. The van der Waals surface area contributed by atoms with E-state index in [9.17, 15) is 18.0 Å². The molecule has 1 aromatic heterocycles. The molecule has 0 aliphatic carbocycles. The molecule has 1 aliphatic rings. The molecule has 0 bridgehead atoms. The molecule has 5 nitrogen and oxygen atoms in total. The number of carbonyl (C=O) groups is 1. The molecule has 0 fully saturated rings. The first-order valence-corrected chi connectivity index (χ1v) is 8.35. The maximum atomic E-state index is 12.9. The van der Waals surface area contributed by atoms with Gasteiger partial charge in [0, 0.05) is 19.2 Å². The quantitative estimate of drug-likeness (QED) is 0.881. The van der Waals surface area contributed by atoms with E-state index in [1.807, 2.05) is 0 Å². The van der Waals surface area contributed by atoms with E-state index in [4.69, 9.17) is 17.3 Å². The van der Waals surface area contributed by atoms with Crippen LogP contribution in [0.5, 0.6) is 0 Å². The standard InChI is InChI=1S/C17H16ClF3N4O/c18-13-3-1-10(7-12(13)17(19,20)21)2-4-15(26)25-6-5-11-8-23-16(22)24-14(11)9-25/h1,3,7-8H,2,4-6,9H2,(H2,22,23,24). The second kappa shape index (κ2) is 7.11. The number of amides is 1. The Hall–Kier alpha value is -2.35. The molecule has 0 radical (unpaired) electrons. The zero-order valence-corrected chi connectivity index (χ0v) is 14.4. The Morgan fingerprint density at radius 2 is 2.12 bits per heavy atom. The minimum atomic E-state index is -4.52. The SMILES string of the molecule is Nc1ncc2c(n1)CN(C(=O)CCc1ccc(Cl)c(C(F)(F)F)c1)CC2. The molecule has 0 atom stereocenters. The first kappa shape index (κ1) is 18.4. The van der Waals surface area contributed by atoms with Crippen molar-refractivity contribution in [2.24, 2.45) is 0 Å². The minimum Gasteiger partial charge on any atom is -0.368 e. The second-order valence-corrected chi connectivity index (χ2v) is 6.48. The highest BCUT2D eigenvalue weighted by Crippen LogP contribution is 2.35. The lowest BCUT2D eigenvalue weighted by Gasteiger charge is -2.28. The fourth-order valence-electron chi connectivity index (χ4n) is 2.89. The number of hydrogen-bond donors (Lipinski definition) is 1. The number of aromatic nitrogens is 2. The highest BCUT2D eigenvalue weighted by atomic mass is 35.5. The van der Waals surface area contributed by atoms with E-state index in [1.54, 1.807) is 11.1 Å².